The van der Waals surface area contributed by atoms with E-state index in [4.69, 9.17) is 0 Å². The molecule has 7 heteroatoms. The van der Waals surface area contributed by atoms with Gasteiger partial charge in [0.2, 0.25) is 10.0 Å². The summed E-state index contributed by atoms with van der Waals surface area (Å²) in [6, 6.07) is -0.873. The fourth-order valence-corrected chi connectivity index (χ4v) is 6.30. The average Bonchev–Trinajstić information content (AvgIpc) is 3.04. The molecule has 1 aliphatic carbocycles. The fraction of sp³-hybridized carbons (Fsp3) is 0.909. The van der Waals surface area contributed by atoms with Gasteiger partial charge in [-0.1, -0.05) is 13.3 Å². The normalized spacial score (nSPS) is 29.6. The molecule has 1 aliphatic heterocycles. The Kier molecular flexibility index (Phi) is 4.23. The number of sulfonamides is 1. The Morgan fingerprint density at radius 2 is 2.11 bits per heavy atom. The third kappa shape index (κ3) is 2.83. The number of rotatable bonds is 6. The molecular formula is C11H19NO4S2. The number of hydrogen-bond donors (Lipinski definition) is 1. The SMILES string of the molecule is CCCCS(=O)(=O)N1C(C(=O)O)CSC1C1CC1. The van der Waals surface area contributed by atoms with Gasteiger partial charge in [0.05, 0.1) is 11.1 Å². The highest BCUT2D eigenvalue weighted by molar-refractivity contribution is 8.01. The van der Waals surface area contributed by atoms with E-state index in [1.54, 1.807) is 0 Å². The number of thioether (sulfide) groups is 1. The molecule has 0 bridgehead atoms. The number of aliphatic carboxylic acids is 1. The summed E-state index contributed by atoms with van der Waals surface area (Å²) in [6.45, 7) is 1.93. The zero-order chi connectivity index (χ0) is 13.3. The molecule has 0 aromatic rings. The van der Waals surface area contributed by atoms with Crippen LogP contribution in [-0.2, 0) is 14.8 Å². The Labute approximate surface area is 112 Å². The lowest BCUT2D eigenvalue weighted by Gasteiger charge is -2.26. The minimum absolute atomic E-state index is 0.0665. The molecule has 2 unspecified atom stereocenters. The molecule has 2 aliphatic rings. The van der Waals surface area contributed by atoms with Crippen LogP contribution in [0.15, 0.2) is 0 Å². The smallest absolute Gasteiger partial charge is 0.322 e. The van der Waals surface area contributed by atoms with Gasteiger partial charge < -0.3 is 5.11 Å². The molecule has 0 aromatic heterocycles. The Balaban J connectivity index is 2.19. The Morgan fingerprint density at radius 3 is 2.61 bits per heavy atom. The maximum Gasteiger partial charge on any atom is 0.322 e. The molecule has 2 atom stereocenters. The maximum atomic E-state index is 12.3. The minimum Gasteiger partial charge on any atom is -0.480 e. The summed E-state index contributed by atoms with van der Waals surface area (Å²) in [5.41, 5.74) is 0. The van der Waals surface area contributed by atoms with Gasteiger partial charge >= 0.3 is 5.97 Å². The van der Waals surface area contributed by atoms with Gasteiger partial charge in [0.1, 0.15) is 6.04 Å². The van der Waals surface area contributed by atoms with Gasteiger partial charge in [-0.05, 0) is 25.2 Å². The molecule has 1 saturated carbocycles. The van der Waals surface area contributed by atoms with Crippen LogP contribution < -0.4 is 0 Å². The summed E-state index contributed by atoms with van der Waals surface area (Å²) >= 11 is 1.48. The summed E-state index contributed by atoms with van der Waals surface area (Å²) in [5, 5.41) is 9.03. The second kappa shape index (κ2) is 5.38. The van der Waals surface area contributed by atoms with Crippen LogP contribution in [0.2, 0.25) is 0 Å². The third-order valence-electron chi connectivity index (χ3n) is 3.37. The molecule has 2 rings (SSSR count). The molecule has 1 N–H and O–H groups in total. The highest BCUT2D eigenvalue weighted by Crippen LogP contribution is 2.46. The summed E-state index contributed by atoms with van der Waals surface area (Å²) in [6.07, 6.45) is 3.42. The topological polar surface area (TPSA) is 74.7 Å². The van der Waals surface area contributed by atoms with E-state index in [0.29, 0.717) is 18.1 Å². The monoisotopic (exact) mass is 293 g/mol. The quantitative estimate of drug-likeness (QED) is 0.800. The van der Waals surface area contributed by atoms with Gasteiger partial charge in [-0.2, -0.15) is 4.31 Å². The van der Waals surface area contributed by atoms with Crippen molar-refractivity contribution in [2.75, 3.05) is 11.5 Å². The molecule has 0 amide bonds. The van der Waals surface area contributed by atoms with Gasteiger partial charge in [-0.3, -0.25) is 4.79 Å². The Morgan fingerprint density at radius 1 is 1.44 bits per heavy atom. The van der Waals surface area contributed by atoms with Crippen LogP contribution in [0.4, 0.5) is 0 Å². The first-order valence-electron chi connectivity index (χ1n) is 6.33. The number of hydrogen-bond acceptors (Lipinski definition) is 4. The molecular weight excluding hydrogens is 274 g/mol. The Hall–Kier alpha value is -0.270. The van der Waals surface area contributed by atoms with Crippen LogP contribution in [0.25, 0.3) is 0 Å². The van der Waals surface area contributed by atoms with Crippen molar-refractivity contribution >= 4 is 27.8 Å². The number of carboxylic acids is 1. The van der Waals surface area contributed by atoms with Crippen LogP contribution in [0.3, 0.4) is 0 Å². The molecule has 5 nitrogen and oxygen atoms in total. The summed E-state index contributed by atoms with van der Waals surface area (Å²) in [5.74, 6) is -0.222. The molecule has 18 heavy (non-hydrogen) atoms. The first-order chi connectivity index (χ1) is 8.47. The highest BCUT2D eigenvalue weighted by Gasteiger charge is 2.50. The van der Waals surface area contributed by atoms with Gasteiger partial charge in [0.25, 0.3) is 0 Å². The van der Waals surface area contributed by atoms with Crippen LogP contribution in [0.1, 0.15) is 32.6 Å². The van der Waals surface area contributed by atoms with E-state index in [2.05, 4.69) is 0 Å². The number of carboxylic acid groups (broad SMARTS) is 1. The van der Waals surface area contributed by atoms with Crippen LogP contribution in [0, 0.1) is 5.92 Å². The van der Waals surface area contributed by atoms with E-state index in [1.165, 1.54) is 16.1 Å². The highest BCUT2D eigenvalue weighted by atomic mass is 32.2. The Bertz CT molecular complexity index is 419. The standard InChI is InChI=1S/C11H19NO4S2/c1-2-3-6-18(15,16)12-9(11(13)14)7-17-10(12)8-4-5-8/h8-10H,2-7H2,1H3,(H,13,14). The van der Waals surface area contributed by atoms with Crippen LogP contribution >= 0.6 is 11.8 Å². The minimum atomic E-state index is -3.44. The van der Waals surface area contributed by atoms with E-state index in [9.17, 15) is 18.3 Å². The van der Waals surface area contributed by atoms with Gasteiger partial charge in [0, 0.05) is 5.75 Å². The maximum absolute atomic E-state index is 12.3. The van der Waals surface area contributed by atoms with Crippen molar-refractivity contribution in [1.82, 2.24) is 4.31 Å². The predicted octanol–water partition coefficient (Wildman–Crippen LogP) is 1.35. The molecule has 0 spiro atoms. The van der Waals surface area contributed by atoms with Crippen molar-refractivity contribution in [1.29, 1.82) is 0 Å². The van der Waals surface area contributed by atoms with Crippen molar-refractivity contribution in [2.45, 2.75) is 44.0 Å². The van der Waals surface area contributed by atoms with E-state index < -0.39 is 22.0 Å². The lowest BCUT2D eigenvalue weighted by molar-refractivity contribution is -0.140. The lowest BCUT2D eigenvalue weighted by Crippen LogP contribution is -2.47. The second-order valence-electron chi connectivity index (χ2n) is 4.91. The average molecular weight is 293 g/mol. The lowest BCUT2D eigenvalue weighted by atomic mass is 10.3. The molecule has 0 radical (unpaired) electrons. The molecule has 0 aromatic carbocycles. The van der Waals surface area contributed by atoms with Crippen molar-refractivity contribution < 1.29 is 18.3 Å². The fourth-order valence-electron chi connectivity index (χ4n) is 2.20. The number of unbranched alkanes of at least 4 members (excludes halogenated alkanes) is 1. The van der Waals surface area contributed by atoms with Gasteiger partial charge in [-0.15, -0.1) is 11.8 Å². The molecule has 2 fully saturated rings. The molecule has 1 saturated heterocycles. The van der Waals surface area contributed by atoms with Gasteiger partial charge in [-0.25, -0.2) is 8.42 Å². The van der Waals surface area contributed by atoms with E-state index >= 15 is 0 Å². The summed E-state index contributed by atoms with van der Waals surface area (Å²) in [4.78, 5) is 11.2. The predicted molar refractivity (Wildman–Crippen MR) is 70.9 cm³/mol. The second-order valence-corrected chi connectivity index (χ2v) is 8.06. The van der Waals surface area contributed by atoms with E-state index in [-0.39, 0.29) is 11.1 Å². The van der Waals surface area contributed by atoms with Crippen molar-refractivity contribution in [3.63, 3.8) is 0 Å². The van der Waals surface area contributed by atoms with Crippen LogP contribution in [-0.4, -0.2) is 46.7 Å². The number of nitrogens with zero attached hydrogens (tertiary/aromatic N) is 1. The van der Waals surface area contributed by atoms with E-state index in [1.807, 2.05) is 6.92 Å². The third-order valence-corrected chi connectivity index (χ3v) is 6.89. The first-order valence-corrected chi connectivity index (χ1v) is 8.98. The van der Waals surface area contributed by atoms with Crippen LogP contribution in [0.5, 0.6) is 0 Å². The number of carbonyl (C=O) groups is 1. The van der Waals surface area contributed by atoms with E-state index in [0.717, 1.165) is 19.3 Å². The zero-order valence-electron chi connectivity index (χ0n) is 10.4. The van der Waals surface area contributed by atoms with Crippen molar-refractivity contribution in [2.24, 2.45) is 5.92 Å². The summed E-state index contributed by atoms with van der Waals surface area (Å²) < 4.78 is 25.9. The largest absolute Gasteiger partial charge is 0.480 e. The van der Waals surface area contributed by atoms with Gasteiger partial charge in [0.15, 0.2) is 0 Å². The van der Waals surface area contributed by atoms with Crippen molar-refractivity contribution in [3.8, 4) is 0 Å². The molecule has 1 heterocycles. The molecule has 104 valence electrons. The zero-order valence-corrected chi connectivity index (χ0v) is 12.0. The van der Waals surface area contributed by atoms with Crippen molar-refractivity contribution in [3.05, 3.63) is 0 Å². The summed E-state index contributed by atoms with van der Waals surface area (Å²) in [7, 11) is -3.44. The first kappa shape index (κ1) is 14.1.